The SMILES string of the molecule is CC(C)C(N)(O)[C]=O. The third-order valence-corrected chi connectivity index (χ3v) is 1.04. The van der Waals surface area contributed by atoms with Gasteiger partial charge in [0.15, 0.2) is 5.72 Å². The van der Waals surface area contributed by atoms with Gasteiger partial charge in [-0.25, -0.2) is 0 Å². The molecule has 3 heteroatoms. The van der Waals surface area contributed by atoms with Crippen LogP contribution in [0.2, 0.25) is 0 Å². The molecule has 0 heterocycles. The third-order valence-electron chi connectivity index (χ3n) is 1.04. The molecule has 0 rings (SSSR count). The number of carbonyl (C=O) groups excluding carboxylic acids is 1. The minimum atomic E-state index is -1.76. The number of hydrogen-bond acceptors (Lipinski definition) is 3. The lowest BCUT2D eigenvalue weighted by molar-refractivity contribution is 0.0673. The fraction of sp³-hybridized carbons (Fsp3) is 0.800. The van der Waals surface area contributed by atoms with Crippen LogP contribution in [-0.4, -0.2) is 17.1 Å². The molecule has 8 heavy (non-hydrogen) atoms. The fourth-order valence-corrected chi connectivity index (χ4v) is 0.118. The van der Waals surface area contributed by atoms with Gasteiger partial charge in [0.1, 0.15) is 0 Å². The van der Waals surface area contributed by atoms with Crippen molar-refractivity contribution in [3.63, 3.8) is 0 Å². The molecule has 0 aromatic heterocycles. The highest BCUT2D eigenvalue weighted by molar-refractivity contribution is 5.61. The van der Waals surface area contributed by atoms with E-state index in [0.29, 0.717) is 0 Å². The molecule has 0 aliphatic carbocycles. The van der Waals surface area contributed by atoms with Crippen molar-refractivity contribution in [2.24, 2.45) is 11.7 Å². The van der Waals surface area contributed by atoms with Gasteiger partial charge in [-0.1, -0.05) is 13.8 Å². The Balaban J connectivity index is 3.90. The Morgan fingerprint density at radius 1 is 1.75 bits per heavy atom. The summed E-state index contributed by atoms with van der Waals surface area (Å²) >= 11 is 0. The quantitative estimate of drug-likeness (QED) is 0.473. The Morgan fingerprint density at radius 2 is 2.12 bits per heavy atom. The fourth-order valence-electron chi connectivity index (χ4n) is 0.118. The molecule has 1 unspecified atom stereocenters. The van der Waals surface area contributed by atoms with Gasteiger partial charge in [0.25, 0.3) is 0 Å². The number of hydrogen-bond donors (Lipinski definition) is 2. The van der Waals surface area contributed by atoms with E-state index in [1.807, 2.05) is 0 Å². The van der Waals surface area contributed by atoms with Crippen LogP contribution in [0.5, 0.6) is 0 Å². The highest BCUT2D eigenvalue weighted by Gasteiger charge is 2.25. The Hall–Kier alpha value is -0.410. The highest BCUT2D eigenvalue weighted by Crippen LogP contribution is 2.04. The van der Waals surface area contributed by atoms with Crippen LogP contribution in [0, 0.1) is 5.92 Å². The van der Waals surface area contributed by atoms with Crippen LogP contribution in [0.3, 0.4) is 0 Å². The van der Waals surface area contributed by atoms with E-state index in [2.05, 4.69) is 0 Å². The Bertz CT molecular complexity index is 88.4. The van der Waals surface area contributed by atoms with E-state index in [1.165, 1.54) is 6.29 Å². The minimum absolute atomic E-state index is 0.278. The molecule has 0 bridgehead atoms. The zero-order valence-corrected chi connectivity index (χ0v) is 5.01. The standard InChI is InChI=1S/C5H10NO2/c1-4(2)5(6,8)3-7/h4,8H,6H2,1-2H3. The van der Waals surface area contributed by atoms with E-state index in [0.717, 1.165) is 0 Å². The van der Waals surface area contributed by atoms with Crippen LogP contribution in [-0.2, 0) is 4.79 Å². The zero-order chi connectivity index (χ0) is 6.78. The molecule has 0 fully saturated rings. The van der Waals surface area contributed by atoms with Crippen LogP contribution < -0.4 is 5.73 Å². The molecule has 0 saturated heterocycles. The summed E-state index contributed by atoms with van der Waals surface area (Å²) in [5, 5.41) is 8.75. The monoisotopic (exact) mass is 116 g/mol. The van der Waals surface area contributed by atoms with E-state index >= 15 is 0 Å². The number of aliphatic hydroxyl groups is 1. The van der Waals surface area contributed by atoms with Crippen molar-refractivity contribution in [2.45, 2.75) is 19.6 Å². The van der Waals surface area contributed by atoms with E-state index in [-0.39, 0.29) is 5.92 Å². The van der Waals surface area contributed by atoms with Crippen molar-refractivity contribution < 1.29 is 9.90 Å². The van der Waals surface area contributed by atoms with Crippen molar-refractivity contribution in [1.29, 1.82) is 0 Å². The first-order valence-electron chi connectivity index (χ1n) is 2.41. The maximum atomic E-state index is 9.77. The lowest BCUT2D eigenvalue weighted by Crippen LogP contribution is -2.46. The Morgan fingerprint density at radius 3 is 2.12 bits per heavy atom. The topological polar surface area (TPSA) is 63.3 Å². The molecule has 1 radical (unpaired) electrons. The van der Waals surface area contributed by atoms with Crippen LogP contribution in [0.25, 0.3) is 0 Å². The molecule has 0 aliphatic rings. The lowest BCUT2D eigenvalue weighted by atomic mass is 10.0. The first-order chi connectivity index (χ1) is 3.50. The smallest absolute Gasteiger partial charge is 0.249 e. The Kier molecular flexibility index (Phi) is 2.12. The summed E-state index contributed by atoms with van der Waals surface area (Å²) < 4.78 is 0. The van der Waals surface area contributed by atoms with Gasteiger partial charge in [-0.05, 0) is 0 Å². The molecule has 0 amide bonds. The molecular formula is C5H10NO2. The number of nitrogens with two attached hydrogens (primary N) is 1. The second-order valence-corrected chi connectivity index (χ2v) is 2.08. The molecule has 3 nitrogen and oxygen atoms in total. The summed E-state index contributed by atoms with van der Waals surface area (Å²) in [5.41, 5.74) is 3.23. The van der Waals surface area contributed by atoms with Crippen molar-refractivity contribution in [2.75, 3.05) is 0 Å². The average molecular weight is 116 g/mol. The molecule has 0 saturated carbocycles. The third kappa shape index (κ3) is 1.60. The van der Waals surface area contributed by atoms with Crippen molar-refractivity contribution >= 4 is 6.29 Å². The molecule has 0 aliphatic heterocycles. The molecule has 0 spiro atoms. The van der Waals surface area contributed by atoms with E-state index in [4.69, 9.17) is 10.8 Å². The molecule has 0 aromatic rings. The summed E-state index contributed by atoms with van der Waals surface area (Å²) in [4.78, 5) is 9.77. The van der Waals surface area contributed by atoms with Crippen LogP contribution in [0.15, 0.2) is 0 Å². The summed E-state index contributed by atoms with van der Waals surface area (Å²) in [5.74, 6) is -0.278. The highest BCUT2D eigenvalue weighted by atomic mass is 16.3. The predicted octanol–water partition coefficient (Wildman–Crippen LogP) is -0.601. The van der Waals surface area contributed by atoms with Crippen molar-refractivity contribution in [3.05, 3.63) is 0 Å². The summed E-state index contributed by atoms with van der Waals surface area (Å²) in [7, 11) is 0. The van der Waals surface area contributed by atoms with Gasteiger partial charge in [0.05, 0.1) is 0 Å². The summed E-state index contributed by atoms with van der Waals surface area (Å²) in [6, 6.07) is 0. The van der Waals surface area contributed by atoms with Crippen molar-refractivity contribution in [1.82, 2.24) is 0 Å². The molecule has 3 N–H and O–H groups in total. The second kappa shape index (κ2) is 2.24. The van der Waals surface area contributed by atoms with Gasteiger partial charge < -0.3 is 5.11 Å². The molecule has 1 atom stereocenters. The minimum Gasteiger partial charge on any atom is -0.368 e. The van der Waals surface area contributed by atoms with Gasteiger partial charge in [-0.2, -0.15) is 0 Å². The largest absolute Gasteiger partial charge is 0.368 e. The maximum Gasteiger partial charge on any atom is 0.249 e. The average Bonchev–Trinajstić information content (AvgIpc) is 1.67. The van der Waals surface area contributed by atoms with E-state index < -0.39 is 5.72 Å². The van der Waals surface area contributed by atoms with Gasteiger partial charge in [-0.3, -0.25) is 10.5 Å². The second-order valence-electron chi connectivity index (χ2n) is 2.08. The zero-order valence-electron chi connectivity index (χ0n) is 5.01. The van der Waals surface area contributed by atoms with Crippen LogP contribution in [0.1, 0.15) is 13.8 Å². The van der Waals surface area contributed by atoms with E-state index in [1.54, 1.807) is 13.8 Å². The first-order valence-corrected chi connectivity index (χ1v) is 2.41. The molecule has 47 valence electrons. The van der Waals surface area contributed by atoms with Crippen LogP contribution in [0.4, 0.5) is 0 Å². The first kappa shape index (κ1) is 7.59. The maximum absolute atomic E-state index is 9.77. The van der Waals surface area contributed by atoms with Gasteiger partial charge in [-0.15, -0.1) is 0 Å². The molecule has 0 aromatic carbocycles. The van der Waals surface area contributed by atoms with Gasteiger partial charge in [0, 0.05) is 5.92 Å². The van der Waals surface area contributed by atoms with E-state index in [9.17, 15) is 4.79 Å². The predicted molar refractivity (Wildman–Crippen MR) is 29.7 cm³/mol. The number of rotatable bonds is 2. The summed E-state index contributed by atoms with van der Waals surface area (Å²) in [6.45, 7) is 3.29. The van der Waals surface area contributed by atoms with Crippen molar-refractivity contribution in [3.8, 4) is 0 Å². The molecular weight excluding hydrogens is 106 g/mol. The lowest BCUT2D eigenvalue weighted by Gasteiger charge is -2.17. The van der Waals surface area contributed by atoms with Gasteiger partial charge in [0.2, 0.25) is 6.29 Å². The van der Waals surface area contributed by atoms with Gasteiger partial charge >= 0.3 is 0 Å². The Labute approximate surface area is 48.5 Å². The normalized spacial score (nSPS) is 18.1. The summed E-state index contributed by atoms with van der Waals surface area (Å²) in [6.07, 6.45) is 1.32. The van der Waals surface area contributed by atoms with Crippen LogP contribution >= 0.6 is 0 Å².